The molecule has 0 radical (unpaired) electrons. The highest BCUT2D eigenvalue weighted by Crippen LogP contribution is 2.66. The van der Waals surface area contributed by atoms with E-state index in [1.165, 1.54) is 66.8 Å². The lowest BCUT2D eigenvalue weighted by Crippen LogP contribution is -2.33. The zero-order valence-electron chi connectivity index (χ0n) is 33.6. The van der Waals surface area contributed by atoms with Gasteiger partial charge in [-0.05, 0) is 104 Å². The number of fused-ring (bicyclic) bond motifs is 12. The fourth-order valence-corrected chi connectivity index (χ4v) is 10.7. The number of benzene rings is 9. The van der Waals surface area contributed by atoms with Crippen molar-refractivity contribution in [3.63, 3.8) is 0 Å². The van der Waals surface area contributed by atoms with Crippen LogP contribution in [0.15, 0.2) is 212 Å². The number of nitrogens with zero attached hydrogens (tertiary/aromatic N) is 1. The Morgan fingerprint density at radius 3 is 1.55 bits per heavy atom. The third kappa shape index (κ3) is 4.82. The normalized spacial score (nSPS) is 14.2. The molecule has 60 heavy (non-hydrogen) atoms. The van der Waals surface area contributed by atoms with Crippen molar-refractivity contribution in [2.45, 2.75) is 24.7 Å². The van der Waals surface area contributed by atoms with Crippen LogP contribution in [0.2, 0.25) is 0 Å². The standard InChI is InChI=1S/C58H41NO/c1-57(2)47-23-11-9-21-44(47)45-34-33-42(37-51(45)57)59(41-31-29-39(30-32-41)38-17-5-3-6-18-38)52-36-35-43(40-19-7-4-8-20-40)55-46-22-10-12-24-48(46)58(56(52)55)49-25-13-15-27-53(49)60-54-28-16-14-26-50(54)58/h3-37H,1-2H3. The first-order valence-corrected chi connectivity index (χ1v) is 20.9. The molecule has 9 aromatic rings. The molecule has 284 valence electrons. The van der Waals surface area contributed by atoms with Gasteiger partial charge in [0.2, 0.25) is 0 Å². The van der Waals surface area contributed by atoms with Gasteiger partial charge in [-0.15, -0.1) is 0 Å². The summed E-state index contributed by atoms with van der Waals surface area (Å²) in [5.74, 6) is 1.76. The molecule has 0 N–H and O–H groups in total. The molecule has 0 atom stereocenters. The molecule has 0 saturated heterocycles. The summed E-state index contributed by atoms with van der Waals surface area (Å²) in [4.78, 5) is 2.52. The first-order valence-electron chi connectivity index (χ1n) is 20.9. The van der Waals surface area contributed by atoms with Crippen molar-refractivity contribution in [2.24, 2.45) is 0 Å². The number of para-hydroxylation sites is 2. The largest absolute Gasteiger partial charge is 0.457 e. The van der Waals surface area contributed by atoms with Crippen molar-refractivity contribution in [3.05, 3.63) is 246 Å². The molecule has 1 spiro atoms. The Balaban J connectivity index is 1.21. The van der Waals surface area contributed by atoms with E-state index in [1.807, 2.05) is 0 Å². The number of ether oxygens (including phenoxy) is 1. The van der Waals surface area contributed by atoms with E-state index in [9.17, 15) is 0 Å². The first kappa shape index (κ1) is 34.6. The van der Waals surface area contributed by atoms with E-state index in [0.29, 0.717) is 0 Å². The number of hydrogen-bond donors (Lipinski definition) is 0. The third-order valence-electron chi connectivity index (χ3n) is 13.3. The summed E-state index contributed by atoms with van der Waals surface area (Å²) in [5.41, 5.74) is 19.9. The van der Waals surface area contributed by atoms with Gasteiger partial charge in [-0.2, -0.15) is 0 Å². The predicted molar refractivity (Wildman–Crippen MR) is 247 cm³/mol. The molecule has 2 aliphatic carbocycles. The minimum Gasteiger partial charge on any atom is -0.457 e. The van der Waals surface area contributed by atoms with Crippen molar-refractivity contribution in [2.75, 3.05) is 4.90 Å². The van der Waals surface area contributed by atoms with Crippen LogP contribution in [0.3, 0.4) is 0 Å². The van der Waals surface area contributed by atoms with E-state index < -0.39 is 5.41 Å². The average Bonchev–Trinajstić information content (AvgIpc) is 3.73. The Kier molecular flexibility index (Phi) is 7.52. The molecule has 1 heterocycles. The summed E-state index contributed by atoms with van der Waals surface area (Å²) >= 11 is 0. The van der Waals surface area contributed by atoms with E-state index >= 15 is 0 Å². The third-order valence-corrected chi connectivity index (χ3v) is 13.3. The summed E-state index contributed by atoms with van der Waals surface area (Å²) < 4.78 is 6.82. The van der Waals surface area contributed by atoms with Crippen molar-refractivity contribution in [1.29, 1.82) is 0 Å². The zero-order chi connectivity index (χ0) is 40.0. The van der Waals surface area contributed by atoms with E-state index in [1.54, 1.807) is 0 Å². The Morgan fingerprint density at radius 1 is 0.367 bits per heavy atom. The van der Waals surface area contributed by atoms with Gasteiger partial charge in [0.15, 0.2) is 0 Å². The molecule has 2 heteroatoms. The van der Waals surface area contributed by atoms with E-state index in [4.69, 9.17) is 4.74 Å². The second-order valence-corrected chi connectivity index (χ2v) is 16.8. The Labute approximate surface area is 351 Å². The Hall–Kier alpha value is -7.42. The maximum absolute atomic E-state index is 6.82. The summed E-state index contributed by atoms with van der Waals surface area (Å²) in [6.07, 6.45) is 0. The highest BCUT2D eigenvalue weighted by Gasteiger charge is 2.53. The van der Waals surface area contributed by atoms with Gasteiger partial charge in [0, 0.05) is 33.5 Å². The predicted octanol–water partition coefficient (Wildman–Crippen LogP) is 15.3. The van der Waals surface area contributed by atoms with Crippen molar-refractivity contribution < 1.29 is 4.74 Å². The van der Waals surface area contributed by atoms with Gasteiger partial charge in [-0.3, -0.25) is 0 Å². The second kappa shape index (κ2) is 13.0. The molecule has 2 nitrogen and oxygen atoms in total. The molecule has 9 aromatic carbocycles. The van der Waals surface area contributed by atoms with Crippen LogP contribution in [0.5, 0.6) is 11.5 Å². The van der Waals surface area contributed by atoms with Gasteiger partial charge in [-0.25, -0.2) is 0 Å². The van der Waals surface area contributed by atoms with E-state index in [0.717, 1.165) is 39.7 Å². The fraction of sp³-hybridized carbons (Fsp3) is 0.0690. The monoisotopic (exact) mass is 767 g/mol. The minimum absolute atomic E-state index is 0.167. The van der Waals surface area contributed by atoms with Gasteiger partial charge in [0.25, 0.3) is 0 Å². The molecular weight excluding hydrogens is 727 g/mol. The quantitative estimate of drug-likeness (QED) is 0.173. The first-order chi connectivity index (χ1) is 29.5. The van der Waals surface area contributed by atoms with Crippen molar-refractivity contribution in [3.8, 4) is 56.0 Å². The SMILES string of the molecule is CC1(C)c2ccccc2-c2ccc(N(c3ccc(-c4ccccc4)cc3)c3ccc(-c4ccccc4)c4c3C3(c5ccccc5Oc5ccccc53)c3ccccc3-4)cc21. The molecule has 0 fully saturated rings. The van der Waals surface area contributed by atoms with Crippen LogP contribution in [0, 0.1) is 0 Å². The number of hydrogen-bond acceptors (Lipinski definition) is 2. The summed E-state index contributed by atoms with van der Waals surface area (Å²) in [6.45, 7) is 4.74. The highest BCUT2D eigenvalue weighted by atomic mass is 16.5. The van der Waals surface area contributed by atoms with Crippen LogP contribution in [-0.4, -0.2) is 0 Å². The Bertz CT molecular complexity index is 3100. The molecule has 0 unspecified atom stereocenters. The molecule has 0 amide bonds. The lowest BCUT2D eigenvalue weighted by atomic mass is 9.65. The Morgan fingerprint density at radius 2 is 0.867 bits per heavy atom. The molecule has 3 aliphatic rings. The maximum atomic E-state index is 6.82. The molecular formula is C58H41NO. The van der Waals surface area contributed by atoms with Gasteiger partial charge >= 0.3 is 0 Å². The van der Waals surface area contributed by atoms with Crippen LogP contribution in [0.25, 0.3) is 44.5 Å². The topological polar surface area (TPSA) is 12.5 Å². The zero-order valence-corrected chi connectivity index (χ0v) is 33.6. The van der Waals surface area contributed by atoms with E-state index in [2.05, 4.69) is 231 Å². The summed E-state index contributed by atoms with van der Waals surface area (Å²) in [6, 6.07) is 77.9. The molecule has 0 aromatic heterocycles. The second-order valence-electron chi connectivity index (χ2n) is 16.8. The van der Waals surface area contributed by atoms with Gasteiger partial charge in [0.05, 0.1) is 11.1 Å². The smallest absolute Gasteiger partial charge is 0.132 e. The fourth-order valence-electron chi connectivity index (χ4n) is 10.7. The van der Waals surface area contributed by atoms with Crippen molar-refractivity contribution >= 4 is 17.1 Å². The van der Waals surface area contributed by atoms with E-state index in [-0.39, 0.29) is 5.41 Å². The lowest BCUT2D eigenvalue weighted by Gasteiger charge is -2.41. The highest BCUT2D eigenvalue weighted by molar-refractivity contribution is 6.02. The van der Waals surface area contributed by atoms with Crippen LogP contribution in [-0.2, 0) is 10.8 Å². The van der Waals surface area contributed by atoms with Crippen LogP contribution in [0.4, 0.5) is 17.1 Å². The minimum atomic E-state index is -0.689. The summed E-state index contributed by atoms with van der Waals surface area (Å²) in [5, 5.41) is 0. The number of rotatable bonds is 5. The van der Waals surface area contributed by atoms with Crippen LogP contribution >= 0.6 is 0 Å². The average molecular weight is 768 g/mol. The molecule has 12 rings (SSSR count). The van der Waals surface area contributed by atoms with Gasteiger partial charge in [-0.1, -0.05) is 184 Å². The summed E-state index contributed by atoms with van der Waals surface area (Å²) in [7, 11) is 0. The lowest BCUT2D eigenvalue weighted by molar-refractivity contribution is 0.436. The van der Waals surface area contributed by atoms with Gasteiger partial charge in [0.1, 0.15) is 11.5 Å². The molecule has 1 aliphatic heterocycles. The number of anilines is 3. The molecule has 0 bridgehead atoms. The molecule has 0 saturated carbocycles. The van der Waals surface area contributed by atoms with Crippen LogP contribution < -0.4 is 9.64 Å². The van der Waals surface area contributed by atoms with Gasteiger partial charge < -0.3 is 9.64 Å². The van der Waals surface area contributed by atoms with Crippen molar-refractivity contribution in [1.82, 2.24) is 0 Å². The maximum Gasteiger partial charge on any atom is 0.132 e. The van der Waals surface area contributed by atoms with Crippen LogP contribution in [0.1, 0.15) is 47.2 Å².